The number of hydrogen-bond donors (Lipinski definition) is 2. The van der Waals surface area contributed by atoms with E-state index in [1.54, 1.807) is 0 Å². The SMILES string of the molecule is CCCCOCCC(C)(CO)NC(C)C. The van der Waals surface area contributed by atoms with E-state index in [2.05, 4.69) is 26.1 Å². The lowest BCUT2D eigenvalue weighted by molar-refractivity contribution is 0.0820. The predicted octanol–water partition coefficient (Wildman–Crippen LogP) is 1.94. The molecule has 0 aromatic rings. The minimum atomic E-state index is -0.208. The molecule has 0 aromatic carbocycles. The molecular formula is C12H27NO2. The standard InChI is InChI=1S/C12H27NO2/c1-5-6-8-15-9-7-12(4,10-14)13-11(2)3/h11,13-14H,5-10H2,1-4H3. The molecule has 0 radical (unpaired) electrons. The Morgan fingerprint density at radius 3 is 2.47 bits per heavy atom. The van der Waals surface area contributed by atoms with E-state index in [-0.39, 0.29) is 12.1 Å². The summed E-state index contributed by atoms with van der Waals surface area (Å²) in [6.07, 6.45) is 3.14. The fourth-order valence-corrected chi connectivity index (χ4v) is 1.54. The van der Waals surface area contributed by atoms with Gasteiger partial charge in [0.05, 0.1) is 6.61 Å². The molecule has 1 atom stereocenters. The number of ether oxygens (including phenoxy) is 1. The van der Waals surface area contributed by atoms with Gasteiger partial charge in [-0.25, -0.2) is 0 Å². The topological polar surface area (TPSA) is 41.5 Å². The zero-order valence-electron chi connectivity index (χ0n) is 10.7. The van der Waals surface area contributed by atoms with Gasteiger partial charge in [0.2, 0.25) is 0 Å². The molecule has 0 spiro atoms. The van der Waals surface area contributed by atoms with Gasteiger partial charge in [0.1, 0.15) is 0 Å². The van der Waals surface area contributed by atoms with Crippen LogP contribution in [0.3, 0.4) is 0 Å². The lowest BCUT2D eigenvalue weighted by Crippen LogP contribution is -2.49. The van der Waals surface area contributed by atoms with Gasteiger partial charge in [-0.1, -0.05) is 27.2 Å². The highest BCUT2D eigenvalue weighted by molar-refractivity contribution is 4.83. The lowest BCUT2D eigenvalue weighted by atomic mass is 9.98. The molecule has 0 rings (SSSR count). The summed E-state index contributed by atoms with van der Waals surface area (Å²) in [6, 6.07) is 0.387. The van der Waals surface area contributed by atoms with Gasteiger partial charge in [-0.3, -0.25) is 0 Å². The van der Waals surface area contributed by atoms with Gasteiger partial charge in [0.25, 0.3) is 0 Å². The second kappa shape index (κ2) is 8.08. The fraction of sp³-hybridized carbons (Fsp3) is 1.00. The molecule has 3 nitrogen and oxygen atoms in total. The largest absolute Gasteiger partial charge is 0.394 e. The quantitative estimate of drug-likeness (QED) is 0.580. The summed E-state index contributed by atoms with van der Waals surface area (Å²) in [6.45, 7) is 10.1. The van der Waals surface area contributed by atoms with Gasteiger partial charge in [-0.2, -0.15) is 0 Å². The van der Waals surface area contributed by atoms with Crippen molar-refractivity contribution < 1.29 is 9.84 Å². The molecule has 0 aromatic heterocycles. The minimum absolute atomic E-state index is 0.155. The molecule has 0 aliphatic rings. The van der Waals surface area contributed by atoms with Crippen LogP contribution in [0.1, 0.15) is 47.0 Å². The van der Waals surface area contributed by atoms with Crippen molar-refractivity contribution in [3.8, 4) is 0 Å². The summed E-state index contributed by atoms with van der Waals surface area (Å²) < 4.78 is 5.50. The molecule has 0 aliphatic heterocycles. The average molecular weight is 217 g/mol. The number of hydrogen-bond acceptors (Lipinski definition) is 3. The number of rotatable bonds is 9. The molecule has 2 N–H and O–H groups in total. The molecule has 15 heavy (non-hydrogen) atoms. The van der Waals surface area contributed by atoms with Crippen LogP contribution in [0.4, 0.5) is 0 Å². The van der Waals surface area contributed by atoms with Crippen molar-refractivity contribution in [2.24, 2.45) is 0 Å². The summed E-state index contributed by atoms with van der Waals surface area (Å²) >= 11 is 0. The van der Waals surface area contributed by atoms with Crippen molar-refractivity contribution in [1.29, 1.82) is 0 Å². The van der Waals surface area contributed by atoms with E-state index in [0.29, 0.717) is 6.04 Å². The first-order chi connectivity index (χ1) is 7.04. The number of aliphatic hydroxyl groups excluding tert-OH is 1. The predicted molar refractivity (Wildman–Crippen MR) is 64.1 cm³/mol. The highest BCUT2D eigenvalue weighted by Crippen LogP contribution is 2.10. The Labute approximate surface area is 94.2 Å². The van der Waals surface area contributed by atoms with Crippen LogP contribution in [0.2, 0.25) is 0 Å². The second-order valence-electron chi connectivity index (χ2n) is 4.73. The third-order valence-electron chi connectivity index (χ3n) is 2.43. The third-order valence-corrected chi connectivity index (χ3v) is 2.43. The second-order valence-corrected chi connectivity index (χ2v) is 4.73. The van der Waals surface area contributed by atoms with Gasteiger partial charge in [0.15, 0.2) is 0 Å². The van der Waals surface area contributed by atoms with Crippen LogP contribution in [0.15, 0.2) is 0 Å². The lowest BCUT2D eigenvalue weighted by Gasteiger charge is -2.31. The van der Waals surface area contributed by atoms with Crippen molar-refractivity contribution in [2.45, 2.75) is 58.5 Å². The van der Waals surface area contributed by atoms with Crippen LogP contribution in [0.5, 0.6) is 0 Å². The molecule has 0 saturated heterocycles. The first-order valence-electron chi connectivity index (χ1n) is 6.00. The van der Waals surface area contributed by atoms with Crippen molar-refractivity contribution in [3.63, 3.8) is 0 Å². The zero-order chi connectivity index (χ0) is 11.7. The van der Waals surface area contributed by atoms with Crippen LogP contribution in [0, 0.1) is 0 Å². The molecule has 3 heteroatoms. The van der Waals surface area contributed by atoms with E-state index >= 15 is 0 Å². The van der Waals surface area contributed by atoms with Gasteiger partial charge in [0, 0.05) is 24.8 Å². The molecule has 0 amide bonds. The third kappa shape index (κ3) is 7.77. The molecule has 92 valence electrons. The molecule has 0 heterocycles. The van der Waals surface area contributed by atoms with Crippen molar-refractivity contribution in [2.75, 3.05) is 19.8 Å². The molecule has 0 saturated carbocycles. The molecule has 0 bridgehead atoms. The van der Waals surface area contributed by atoms with Crippen LogP contribution in [0.25, 0.3) is 0 Å². The van der Waals surface area contributed by atoms with E-state index in [1.165, 1.54) is 6.42 Å². The summed E-state index contributed by atoms with van der Waals surface area (Å²) in [5, 5.41) is 12.7. The Morgan fingerprint density at radius 2 is 2.00 bits per heavy atom. The number of unbranched alkanes of at least 4 members (excludes halogenated alkanes) is 1. The number of nitrogens with one attached hydrogen (secondary N) is 1. The number of aliphatic hydroxyl groups is 1. The summed E-state index contributed by atoms with van der Waals surface area (Å²) in [4.78, 5) is 0. The minimum Gasteiger partial charge on any atom is -0.394 e. The van der Waals surface area contributed by atoms with Crippen LogP contribution < -0.4 is 5.32 Å². The maximum atomic E-state index is 9.32. The first kappa shape index (κ1) is 14.9. The Kier molecular flexibility index (Phi) is 8.02. The van der Waals surface area contributed by atoms with Crippen LogP contribution >= 0.6 is 0 Å². The first-order valence-corrected chi connectivity index (χ1v) is 6.00. The summed E-state index contributed by atoms with van der Waals surface area (Å²) in [5.41, 5.74) is -0.208. The van der Waals surface area contributed by atoms with Gasteiger partial charge in [-0.15, -0.1) is 0 Å². The highest BCUT2D eigenvalue weighted by Gasteiger charge is 2.23. The Balaban J connectivity index is 3.68. The van der Waals surface area contributed by atoms with Crippen molar-refractivity contribution >= 4 is 0 Å². The smallest absolute Gasteiger partial charge is 0.0611 e. The van der Waals surface area contributed by atoms with Crippen LogP contribution in [-0.4, -0.2) is 36.5 Å². The summed E-state index contributed by atoms with van der Waals surface area (Å²) in [7, 11) is 0. The molecule has 0 fully saturated rings. The van der Waals surface area contributed by atoms with E-state index in [0.717, 1.165) is 26.1 Å². The van der Waals surface area contributed by atoms with Crippen molar-refractivity contribution in [3.05, 3.63) is 0 Å². The summed E-state index contributed by atoms with van der Waals surface area (Å²) in [5.74, 6) is 0. The Morgan fingerprint density at radius 1 is 1.33 bits per heavy atom. The normalized spacial score (nSPS) is 15.6. The van der Waals surface area contributed by atoms with E-state index in [1.807, 2.05) is 6.92 Å². The highest BCUT2D eigenvalue weighted by atomic mass is 16.5. The Bertz CT molecular complexity index is 151. The zero-order valence-corrected chi connectivity index (χ0v) is 10.7. The molecule has 1 unspecified atom stereocenters. The maximum Gasteiger partial charge on any atom is 0.0611 e. The molecule has 0 aliphatic carbocycles. The van der Waals surface area contributed by atoms with E-state index in [4.69, 9.17) is 4.74 Å². The van der Waals surface area contributed by atoms with Crippen LogP contribution in [-0.2, 0) is 4.74 Å². The van der Waals surface area contributed by atoms with Gasteiger partial charge >= 0.3 is 0 Å². The van der Waals surface area contributed by atoms with E-state index < -0.39 is 0 Å². The monoisotopic (exact) mass is 217 g/mol. The van der Waals surface area contributed by atoms with Gasteiger partial charge in [-0.05, 0) is 19.8 Å². The molecular weight excluding hydrogens is 190 g/mol. The van der Waals surface area contributed by atoms with Crippen molar-refractivity contribution in [1.82, 2.24) is 5.32 Å². The van der Waals surface area contributed by atoms with Gasteiger partial charge < -0.3 is 15.2 Å². The fourth-order valence-electron chi connectivity index (χ4n) is 1.54. The maximum absolute atomic E-state index is 9.32. The Hall–Kier alpha value is -0.120. The average Bonchev–Trinajstić information content (AvgIpc) is 2.16. The van der Waals surface area contributed by atoms with E-state index in [9.17, 15) is 5.11 Å².